The van der Waals surface area contributed by atoms with Gasteiger partial charge in [-0.2, -0.15) is 0 Å². The fourth-order valence-corrected chi connectivity index (χ4v) is 1.68. The van der Waals surface area contributed by atoms with Gasteiger partial charge in [0.2, 0.25) is 0 Å². The first-order chi connectivity index (χ1) is 7.78. The molecule has 0 atom stereocenters. The monoisotopic (exact) mass is 243 g/mol. The Morgan fingerprint density at radius 1 is 1.18 bits per heavy atom. The van der Waals surface area contributed by atoms with Crippen molar-refractivity contribution >= 4 is 12.0 Å². The van der Waals surface area contributed by atoms with Crippen LogP contribution in [0.4, 0.5) is 4.79 Å². The van der Waals surface area contributed by atoms with E-state index >= 15 is 0 Å². The highest BCUT2D eigenvalue weighted by molar-refractivity contribution is 5.73. The lowest BCUT2D eigenvalue weighted by atomic mass is 10.2. The molecule has 6 nitrogen and oxygen atoms in total. The molecule has 0 bridgehead atoms. The van der Waals surface area contributed by atoms with Gasteiger partial charge in [0, 0.05) is 26.2 Å². The topological polar surface area (TPSA) is 75.9 Å². The van der Waals surface area contributed by atoms with Gasteiger partial charge in [0.25, 0.3) is 0 Å². The molecule has 2 N–H and O–H groups in total. The van der Waals surface area contributed by atoms with Crippen molar-refractivity contribution in [2.24, 2.45) is 5.73 Å². The van der Waals surface area contributed by atoms with Gasteiger partial charge in [-0.3, -0.25) is 9.69 Å². The SMILES string of the molecule is CC(C)(C)OC(=O)CN1CCN(C(N)=O)CC1. The molecule has 1 aliphatic heterocycles. The van der Waals surface area contributed by atoms with E-state index in [1.807, 2.05) is 25.7 Å². The zero-order valence-electron chi connectivity index (χ0n) is 10.7. The Morgan fingerprint density at radius 3 is 2.12 bits per heavy atom. The number of nitrogens with zero attached hydrogens (tertiary/aromatic N) is 2. The van der Waals surface area contributed by atoms with Crippen LogP contribution < -0.4 is 5.73 Å². The second-order valence-electron chi connectivity index (χ2n) is 5.19. The molecule has 1 aliphatic rings. The number of ether oxygens (including phenoxy) is 1. The minimum absolute atomic E-state index is 0.231. The summed E-state index contributed by atoms with van der Waals surface area (Å²) in [6, 6.07) is -0.401. The number of hydrogen-bond donors (Lipinski definition) is 1. The van der Waals surface area contributed by atoms with Crippen LogP contribution >= 0.6 is 0 Å². The molecule has 0 aromatic carbocycles. The highest BCUT2D eigenvalue weighted by Gasteiger charge is 2.23. The Balaban J connectivity index is 2.31. The highest BCUT2D eigenvalue weighted by atomic mass is 16.6. The number of carbonyl (C=O) groups excluding carboxylic acids is 2. The third-order valence-electron chi connectivity index (χ3n) is 2.46. The Kier molecular flexibility index (Phi) is 4.34. The van der Waals surface area contributed by atoms with Gasteiger partial charge < -0.3 is 15.4 Å². The average molecular weight is 243 g/mol. The predicted molar refractivity (Wildman–Crippen MR) is 63.4 cm³/mol. The molecular weight excluding hydrogens is 222 g/mol. The van der Waals surface area contributed by atoms with E-state index in [1.165, 1.54) is 0 Å². The smallest absolute Gasteiger partial charge is 0.320 e. The van der Waals surface area contributed by atoms with Crippen molar-refractivity contribution in [2.75, 3.05) is 32.7 Å². The molecule has 17 heavy (non-hydrogen) atoms. The minimum atomic E-state index is -0.452. The van der Waals surface area contributed by atoms with Gasteiger partial charge in [-0.1, -0.05) is 0 Å². The molecule has 0 aliphatic carbocycles. The van der Waals surface area contributed by atoms with E-state index in [0.717, 1.165) is 0 Å². The van der Waals surface area contributed by atoms with Crippen LogP contribution in [0.1, 0.15) is 20.8 Å². The standard InChI is InChI=1S/C11H21N3O3/c1-11(2,3)17-9(15)8-13-4-6-14(7-5-13)10(12)16/h4-8H2,1-3H3,(H2,12,16). The lowest BCUT2D eigenvalue weighted by molar-refractivity contribution is -0.156. The predicted octanol–water partition coefficient (Wildman–Crippen LogP) is 0.0244. The fraction of sp³-hybridized carbons (Fsp3) is 0.818. The number of esters is 1. The normalized spacial score (nSPS) is 17.9. The number of hydrogen-bond acceptors (Lipinski definition) is 4. The van der Waals surface area contributed by atoms with Crippen LogP contribution in [0.3, 0.4) is 0 Å². The number of piperazine rings is 1. The van der Waals surface area contributed by atoms with Gasteiger partial charge in [-0.15, -0.1) is 0 Å². The van der Waals surface area contributed by atoms with E-state index in [0.29, 0.717) is 26.2 Å². The van der Waals surface area contributed by atoms with Gasteiger partial charge in [-0.25, -0.2) is 4.79 Å². The molecule has 2 amide bonds. The Hall–Kier alpha value is -1.30. The van der Waals surface area contributed by atoms with Crippen molar-refractivity contribution in [2.45, 2.75) is 26.4 Å². The number of primary amides is 1. The summed E-state index contributed by atoms with van der Waals surface area (Å²) in [4.78, 5) is 26.0. The first-order valence-electron chi connectivity index (χ1n) is 5.76. The number of carbonyl (C=O) groups is 2. The summed E-state index contributed by atoms with van der Waals surface area (Å²) in [5.74, 6) is -0.231. The largest absolute Gasteiger partial charge is 0.459 e. The van der Waals surface area contributed by atoms with Gasteiger partial charge in [0.05, 0.1) is 6.54 Å². The quantitative estimate of drug-likeness (QED) is 0.694. The van der Waals surface area contributed by atoms with Gasteiger partial charge in [-0.05, 0) is 20.8 Å². The first kappa shape index (κ1) is 13.8. The van der Waals surface area contributed by atoms with E-state index < -0.39 is 11.6 Å². The summed E-state index contributed by atoms with van der Waals surface area (Å²) in [7, 11) is 0. The first-order valence-corrected chi connectivity index (χ1v) is 5.76. The van der Waals surface area contributed by atoms with E-state index in [-0.39, 0.29) is 12.5 Å². The van der Waals surface area contributed by atoms with Crippen molar-refractivity contribution < 1.29 is 14.3 Å². The lowest BCUT2D eigenvalue weighted by Gasteiger charge is -2.33. The summed E-state index contributed by atoms with van der Waals surface area (Å²) in [5, 5.41) is 0. The van der Waals surface area contributed by atoms with Crippen molar-refractivity contribution in [3.63, 3.8) is 0 Å². The van der Waals surface area contributed by atoms with Gasteiger partial charge in [0.15, 0.2) is 0 Å². The number of amides is 2. The second-order valence-corrected chi connectivity index (χ2v) is 5.19. The fourth-order valence-electron chi connectivity index (χ4n) is 1.68. The highest BCUT2D eigenvalue weighted by Crippen LogP contribution is 2.08. The number of nitrogens with two attached hydrogens (primary N) is 1. The zero-order valence-corrected chi connectivity index (χ0v) is 10.7. The summed E-state index contributed by atoms with van der Waals surface area (Å²) in [6.07, 6.45) is 0. The lowest BCUT2D eigenvalue weighted by Crippen LogP contribution is -2.51. The van der Waals surface area contributed by atoms with Crippen LogP contribution in [-0.2, 0) is 9.53 Å². The Bertz CT molecular complexity index is 291. The molecule has 1 heterocycles. The Labute approximate surface area is 102 Å². The number of rotatable bonds is 2. The molecule has 0 radical (unpaired) electrons. The molecule has 0 aromatic heterocycles. The van der Waals surface area contributed by atoms with Crippen LogP contribution in [0.25, 0.3) is 0 Å². The van der Waals surface area contributed by atoms with E-state index in [1.54, 1.807) is 4.90 Å². The molecule has 0 saturated carbocycles. The van der Waals surface area contributed by atoms with Crippen molar-refractivity contribution in [3.8, 4) is 0 Å². The van der Waals surface area contributed by atoms with E-state index in [9.17, 15) is 9.59 Å². The van der Waals surface area contributed by atoms with Crippen LogP contribution in [0.2, 0.25) is 0 Å². The molecule has 1 fully saturated rings. The van der Waals surface area contributed by atoms with Crippen molar-refractivity contribution in [3.05, 3.63) is 0 Å². The maximum absolute atomic E-state index is 11.6. The molecule has 1 saturated heterocycles. The minimum Gasteiger partial charge on any atom is -0.459 e. The molecule has 6 heteroatoms. The molecule has 0 unspecified atom stereocenters. The summed E-state index contributed by atoms with van der Waals surface area (Å²) in [6.45, 7) is 8.24. The third-order valence-corrected chi connectivity index (χ3v) is 2.46. The number of urea groups is 1. The molecule has 0 spiro atoms. The molecule has 1 rings (SSSR count). The van der Waals surface area contributed by atoms with Gasteiger partial charge >= 0.3 is 12.0 Å². The van der Waals surface area contributed by atoms with E-state index in [4.69, 9.17) is 10.5 Å². The van der Waals surface area contributed by atoms with Crippen LogP contribution in [0.5, 0.6) is 0 Å². The van der Waals surface area contributed by atoms with Crippen molar-refractivity contribution in [1.29, 1.82) is 0 Å². The van der Waals surface area contributed by atoms with Crippen LogP contribution in [-0.4, -0.2) is 60.1 Å². The van der Waals surface area contributed by atoms with E-state index in [2.05, 4.69) is 0 Å². The molecule has 0 aromatic rings. The maximum atomic E-state index is 11.6. The summed E-state index contributed by atoms with van der Waals surface area (Å²) >= 11 is 0. The van der Waals surface area contributed by atoms with Crippen LogP contribution in [0.15, 0.2) is 0 Å². The molecular formula is C11H21N3O3. The zero-order chi connectivity index (χ0) is 13.1. The molecule has 98 valence electrons. The van der Waals surface area contributed by atoms with Crippen molar-refractivity contribution in [1.82, 2.24) is 9.80 Å². The third kappa shape index (κ3) is 5.04. The van der Waals surface area contributed by atoms with Gasteiger partial charge in [0.1, 0.15) is 5.60 Å². The van der Waals surface area contributed by atoms with Crippen LogP contribution in [0, 0.1) is 0 Å². The summed E-state index contributed by atoms with van der Waals surface area (Å²) < 4.78 is 5.23. The Morgan fingerprint density at radius 2 is 1.71 bits per heavy atom. The average Bonchev–Trinajstić information content (AvgIpc) is 2.15. The second kappa shape index (κ2) is 5.35. The summed E-state index contributed by atoms with van der Waals surface area (Å²) in [5.41, 5.74) is 4.72. The maximum Gasteiger partial charge on any atom is 0.320 e.